The lowest BCUT2D eigenvalue weighted by atomic mass is 9.80. The number of ketones is 1. The van der Waals surface area contributed by atoms with Crippen LogP contribution in [0.2, 0.25) is 0 Å². The Morgan fingerprint density at radius 1 is 1.10 bits per heavy atom. The number of nitrogens with zero attached hydrogens (tertiary/aromatic N) is 1. The fourth-order valence-electron chi connectivity index (χ4n) is 2.80. The summed E-state index contributed by atoms with van der Waals surface area (Å²) in [6.45, 7) is 0. The summed E-state index contributed by atoms with van der Waals surface area (Å²) in [7, 11) is 0. The van der Waals surface area contributed by atoms with Gasteiger partial charge in [0.2, 0.25) is 0 Å². The van der Waals surface area contributed by atoms with Crippen molar-refractivity contribution in [2.45, 2.75) is 25.7 Å². The molecule has 0 aliphatic heterocycles. The Hall–Kier alpha value is -1.67. The number of hydrogen-bond donors (Lipinski definition) is 0. The van der Waals surface area contributed by atoms with Gasteiger partial charge in [0, 0.05) is 23.4 Å². The average molecular weight is 288 g/mol. The molecule has 1 atom stereocenters. The molecular weight excluding hydrogens is 270 g/mol. The topological polar surface area (TPSA) is 30.0 Å². The zero-order valence-electron chi connectivity index (χ0n) is 11.3. The number of halogens is 1. The molecule has 1 aromatic carbocycles. The first kappa shape index (κ1) is 14.7. The van der Waals surface area contributed by atoms with Crippen LogP contribution in [0.4, 0.5) is 0 Å². The molecule has 0 N–H and O–H groups in total. The van der Waals surface area contributed by atoms with Crippen LogP contribution in [0.1, 0.15) is 34.5 Å². The van der Waals surface area contributed by atoms with E-state index in [0.717, 1.165) is 36.9 Å². The molecule has 1 aromatic heterocycles. The maximum absolute atomic E-state index is 12.4. The normalized spacial score (nSPS) is 17.2. The summed E-state index contributed by atoms with van der Waals surface area (Å²) < 4.78 is 0. The Morgan fingerprint density at radius 2 is 1.90 bits per heavy atom. The van der Waals surface area contributed by atoms with Gasteiger partial charge in [0.1, 0.15) is 0 Å². The van der Waals surface area contributed by atoms with Crippen molar-refractivity contribution in [2.24, 2.45) is 5.92 Å². The van der Waals surface area contributed by atoms with Crippen LogP contribution in [0, 0.1) is 5.92 Å². The first-order valence-electron chi connectivity index (χ1n) is 6.86. The third kappa shape index (κ3) is 3.07. The van der Waals surface area contributed by atoms with E-state index < -0.39 is 0 Å². The van der Waals surface area contributed by atoms with Gasteiger partial charge in [0.25, 0.3) is 0 Å². The van der Waals surface area contributed by atoms with Crippen LogP contribution in [0.25, 0.3) is 0 Å². The summed E-state index contributed by atoms with van der Waals surface area (Å²) in [5.41, 5.74) is 3.22. The smallest absolute Gasteiger partial charge is 0.166 e. The van der Waals surface area contributed by atoms with E-state index in [1.807, 2.05) is 42.6 Å². The van der Waals surface area contributed by atoms with E-state index in [4.69, 9.17) is 0 Å². The number of aryl methyl sites for hydroxylation is 2. The maximum Gasteiger partial charge on any atom is 0.166 e. The van der Waals surface area contributed by atoms with Crippen LogP contribution in [0.5, 0.6) is 0 Å². The second kappa shape index (κ2) is 6.67. The number of aromatic nitrogens is 1. The van der Waals surface area contributed by atoms with Crippen molar-refractivity contribution < 1.29 is 4.79 Å². The molecule has 0 amide bonds. The van der Waals surface area contributed by atoms with Crippen molar-refractivity contribution in [3.8, 4) is 0 Å². The van der Waals surface area contributed by atoms with Gasteiger partial charge in [-0.2, -0.15) is 0 Å². The first-order valence-corrected chi connectivity index (χ1v) is 6.86. The number of carbonyl (C=O) groups is 1. The molecule has 2 aromatic rings. The molecule has 1 unspecified atom stereocenters. The van der Waals surface area contributed by atoms with Crippen LogP contribution in [0.15, 0.2) is 48.7 Å². The van der Waals surface area contributed by atoms with Gasteiger partial charge >= 0.3 is 0 Å². The predicted octanol–water partition coefficient (Wildman–Crippen LogP) is 3.88. The minimum Gasteiger partial charge on any atom is -0.294 e. The highest BCUT2D eigenvalue weighted by atomic mass is 35.5. The summed E-state index contributed by atoms with van der Waals surface area (Å²) in [6, 6.07) is 14.0. The summed E-state index contributed by atoms with van der Waals surface area (Å²) in [4.78, 5) is 16.7. The highest BCUT2D eigenvalue weighted by Gasteiger charge is 2.26. The van der Waals surface area contributed by atoms with Crippen molar-refractivity contribution in [2.75, 3.05) is 0 Å². The maximum atomic E-state index is 12.4. The molecule has 0 saturated heterocycles. The van der Waals surface area contributed by atoms with Crippen LogP contribution >= 0.6 is 12.4 Å². The molecule has 2 nitrogen and oxygen atoms in total. The molecule has 0 saturated carbocycles. The monoisotopic (exact) mass is 287 g/mol. The molecular formula is C17H18ClNO. The number of pyridine rings is 1. The summed E-state index contributed by atoms with van der Waals surface area (Å²) in [5.74, 6) is 0.481. The van der Waals surface area contributed by atoms with Crippen molar-refractivity contribution in [1.82, 2.24) is 4.98 Å². The number of hydrogen-bond acceptors (Lipinski definition) is 2. The molecule has 3 heteroatoms. The van der Waals surface area contributed by atoms with Crippen LogP contribution in [-0.4, -0.2) is 10.8 Å². The Morgan fingerprint density at radius 3 is 2.70 bits per heavy atom. The fourth-order valence-corrected chi connectivity index (χ4v) is 2.80. The average Bonchev–Trinajstić information content (AvgIpc) is 2.48. The quantitative estimate of drug-likeness (QED) is 0.857. The SMILES string of the molecule is Cl.O=C1c2ccccc2CCC1CCc1ccccn1. The summed E-state index contributed by atoms with van der Waals surface area (Å²) in [5, 5.41) is 0. The van der Waals surface area contributed by atoms with E-state index in [2.05, 4.69) is 11.1 Å². The molecule has 104 valence electrons. The Balaban J connectivity index is 0.00000147. The zero-order chi connectivity index (χ0) is 13.1. The van der Waals surface area contributed by atoms with E-state index in [-0.39, 0.29) is 18.3 Å². The lowest BCUT2D eigenvalue weighted by Gasteiger charge is -2.23. The number of carbonyl (C=O) groups excluding carboxylic acids is 1. The van der Waals surface area contributed by atoms with E-state index in [0.29, 0.717) is 5.78 Å². The third-order valence-electron chi connectivity index (χ3n) is 3.89. The van der Waals surface area contributed by atoms with E-state index in [1.165, 1.54) is 5.56 Å². The van der Waals surface area contributed by atoms with Gasteiger partial charge in [-0.1, -0.05) is 30.3 Å². The lowest BCUT2D eigenvalue weighted by Crippen LogP contribution is -2.23. The minimum absolute atomic E-state index is 0. The summed E-state index contributed by atoms with van der Waals surface area (Å²) in [6.07, 6.45) is 5.61. The molecule has 0 fully saturated rings. The van der Waals surface area contributed by atoms with Crippen LogP contribution < -0.4 is 0 Å². The van der Waals surface area contributed by atoms with Crippen molar-refractivity contribution >= 4 is 18.2 Å². The number of Topliss-reactive ketones (excluding diaryl/α,β-unsaturated/α-hetero) is 1. The second-order valence-corrected chi connectivity index (χ2v) is 5.12. The lowest BCUT2D eigenvalue weighted by molar-refractivity contribution is 0.0895. The minimum atomic E-state index is 0. The van der Waals surface area contributed by atoms with Gasteiger partial charge in [-0.3, -0.25) is 9.78 Å². The molecule has 1 aliphatic carbocycles. The van der Waals surface area contributed by atoms with E-state index >= 15 is 0 Å². The van der Waals surface area contributed by atoms with Gasteiger partial charge in [0.15, 0.2) is 5.78 Å². The van der Waals surface area contributed by atoms with Gasteiger partial charge in [-0.25, -0.2) is 0 Å². The molecule has 0 bridgehead atoms. The Kier molecular flexibility index (Phi) is 4.91. The zero-order valence-corrected chi connectivity index (χ0v) is 12.1. The number of rotatable bonds is 3. The molecule has 20 heavy (non-hydrogen) atoms. The van der Waals surface area contributed by atoms with Crippen LogP contribution in [-0.2, 0) is 12.8 Å². The predicted molar refractivity (Wildman–Crippen MR) is 82.4 cm³/mol. The van der Waals surface area contributed by atoms with E-state index in [9.17, 15) is 4.79 Å². The number of benzene rings is 1. The van der Waals surface area contributed by atoms with Crippen molar-refractivity contribution in [1.29, 1.82) is 0 Å². The van der Waals surface area contributed by atoms with Gasteiger partial charge < -0.3 is 0 Å². The Labute approximate surface area is 125 Å². The largest absolute Gasteiger partial charge is 0.294 e. The Bertz CT molecular complexity index is 583. The summed E-state index contributed by atoms with van der Waals surface area (Å²) >= 11 is 0. The molecule has 0 radical (unpaired) electrons. The number of fused-ring (bicyclic) bond motifs is 1. The third-order valence-corrected chi connectivity index (χ3v) is 3.89. The van der Waals surface area contributed by atoms with Crippen molar-refractivity contribution in [3.05, 3.63) is 65.5 Å². The molecule has 3 rings (SSSR count). The van der Waals surface area contributed by atoms with Gasteiger partial charge in [-0.15, -0.1) is 12.4 Å². The van der Waals surface area contributed by atoms with Gasteiger partial charge in [0.05, 0.1) is 0 Å². The standard InChI is InChI=1S/C17H17NO.ClH/c19-17-14(10-11-15-6-3-4-12-18-15)9-8-13-5-1-2-7-16(13)17;/h1-7,12,14H,8-11H2;1H. The molecule has 0 spiro atoms. The fraction of sp³-hybridized carbons (Fsp3) is 0.294. The van der Waals surface area contributed by atoms with Crippen molar-refractivity contribution in [3.63, 3.8) is 0 Å². The van der Waals surface area contributed by atoms with Crippen LogP contribution in [0.3, 0.4) is 0 Å². The molecule has 1 heterocycles. The highest BCUT2D eigenvalue weighted by molar-refractivity contribution is 6.00. The highest BCUT2D eigenvalue weighted by Crippen LogP contribution is 2.28. The van der Waals surface area contributed by atoms with E-state index in [1.54, 1.807) is 0 Å². The molecule has 1 aliphatic rings. The van der Waals surface area contributed by atoms with Gasteiger partial charge in [-0.05, 0) is 43.4 Å². The first-order chi connectivity index (χ1) is 9.34. The second-order valence-electron chi connectivity index (χ2n) is 5.12.